The van der Waals surface area contributed by atoms with Gasteiger partial charge in [0, 0.05) is 6.04 Å². The van der Waals surface area contributed by atoms with Crippen LogP contribution in [0.3, 0.4) is 0 Å². The van der Waals surface area contributed by atoms with E-state index in [1.165, 1.54) is 25.7 Å². The summed E-state index contributed by atoms with van der Waals surface area (Å²) in [6.45, 7) is 9.53. The van der Waals surface area contributed by atoms with Crippen molar-refractivity contribution in [2.45, 2.75) is 71.4 Å². The van der Waals surface area contributed by atoms with Crippen molar-refractivity contribution in [3.8, 4) is 0 Å². The molecule has 1 saturated heterocycles. The summed E-state index contributed by atoms with van der Waals surface area (Å²) in [6, 6.07) is 0.469. The Balaban J connectivity index is 1.99. The fourth-order valence-electron chi connectivity index (χ4n) is 2.99. The molecule has 0 aromatic rings. The number of hydrogen-bond acceptors (Lipinski definition) is 2. The molecule has 0 aromatic heterocycles. The highest BCUT2D eigenvalue weighted by atomic mass is 16.2. The second-order valence-corrected chi connectivity index (χ2v) is 6.69. The first-order valence-electron chi connectivity index (χ1n) is 6.94. The topological polar surface area (TPSA) is 32.3 Å². The highest BCUT2D eigenvalue weighted by Gasteiger charge is 2.44. The summed E-state index contributed by atoms with van der Waals surface area (Å²) in [7, 11) is 0. The summed E-state index contributed by atoms with van der Waals surface area (Å²) in [5.74, 6) is 0.310. The summed E-state index contributed by atoms with van der Waals surface area (Å²) in [4.78, 5) is 14.5. The van der Waals surface area contributed by atoms with Crippen molar-refractivity contribution in [1.29, 1.82) is 0 Å². The van der Waals surface area contributed by atoms with Crippen LogP contribution in [-0.4, -0.2) is 29.1 Å². The molecule has 3 nitrogen and oxygen atoms in total. The van der Waals surface area contributed by atoms with Crippen molar-refractivity contribution in [3.05, 3.63) is 0 Å². The molecule has 2 fully saturated rings. The highest BCUT2D eigenvalue weighted by Crippen LogP contribution is 2.38. The SMILES string of the molecule is CCC1(C)NCN(C2CCC(C)(C)CC2)C1=O. The molecule has 17 heavy (non-hydrogen) atoms. The van der Waals surface area contributed by atoms with Gasteiger partial charge in [-0.3, -0.25) is 10.1 Å². The molecule has 2 aliphatic rings. The third-order valence-electron chi connectivity index (χ3n) is 4.83. The van der Waals surface area contributed by atoms with E-state index in [1.807, 2.05) is 6.92 Å². The van der Waals surface area contributed by atoms with Crippen LogP contribution in [0, 0.1) is 5.41 Å². The summed E-state index contributed by atoms with van der Waals surface area (Å²) >= 11 is 0. The van der Waals surface area contributed by atoms with Gasteiger partial charge in [-0.2, -0.15) is 0 Å². The second kappa shape index (κ2) is 4.27. The molecule has 2 rings (SSSR count). The molecule has 1 heterocycles. The fourth-order valence-corrected chi connectivity index (χ4v) is 2.99. The van der Waals surface area contributed by atoms with Crippen LogP contribution in [-0.2, 0) is 4.79 Å². The molecule has 98 valence electrons. The van der Waals surface area contributed by atoms with Gasteiger partial charge in [0.1, 0.15) is 0 Å². The predicted octanol–water partition coefficient (Wildman–Crippen LogP) is 2.51. The lowest BCUT2D eigenvalue weighted by molar-refractivity contribution is -0.134. The molecule has 1 saturated carbocycles. The molecular weight excluding hydrogens is 212 g/mol. The zero-order chi connectivity index (χ0) is 12.7. The van der Waals surface area contributed by atoms with Crippen molar-refractivity contribution in [1.82, 2.24) is 10.2 Å². The van der Waals surface area contributed by atoms with Gasteiger partial charge >= 0.3 is 0 Å². The largest absolute Gasteiger partial charge is 0.325 e. The first-order valence-corrected chi connectivity index (χ1v) is 6.94. The Bertz CT molecular complexity index is 303. The van der Waals surface area contributed by atoms with Crippen LogP contribution in [0.1, 0.15) is 59.8 Å². The lowest BCUT2D eigenvalue weighted by Gasteiger charge is -2.38. The maximum absolute atomic E-state index is 12.4. The van der Waals surface area contributed by atoms with Crippen molar-refractivity contribution in [2.75, 3.05) is 6.67 Å². The predicted molar refractivity (Wildman–Crippen MR) is 69.6 cm³/mol. The minimum Gasteiger partial charge on any atom is -0.325 e. The van der Waals surface area contributed by atoms with Crippen molar-refractivity contribution in [3.63, 3.8) is 0 Å². The van der Waals surface area contributed by atoms with E-state index in [1.54, 1.807) is 0 Å². The Morgan fingerprint density at radius 1 is 1.29 bits per heavy atom. The van der Waals surface area contributed by atoms with Gasteiger partial charge in [0.15, 0.2) is 0 Å². The van der Waals surface area contributed by atoms with Crippen LogP contribution in [0.25, 0.3) is 0 Å². The van der Waals surface area contributed by atoms with Gasteiger partial charge in [0.2, 0.25) is 5.91 Å². The average molecular weight is 238 g/mol. The average Bonchev–Trinajstić information content (AvgIpc) is 2.58. The molecule has 3 heteroatoms. The van der Waals surface area contributed by atoms with E-state index in [4.69, 9.17) is 0 Å². The maximum Gasteiger partial charge on any atom is 0.243 e. The minimum atomic E-state index is -0.313. The minimum absolute atomic E-state index is 0.310. The number of rotatable bonds is 2. The van der Waals surface area contributed by atoms with Crippen molar-refractivity contribution >= 4 is 5.91 Å². The van der Waals surface area contributed by atoms with E-state index in [9.17, 15) is 4.79 Å². The Morgan fingerprint density at radius 2 is 1.88 bits per heavy atom. The van der Waals surface area contributed by atoms with Gasteiger partial charge in [-0.05, 0) is 44.4 Å². The Labute approximate surface area is 105 Å². The normalized spacial score (nSPS) is 34.4. The van der Waals surface area contributed by atoms with E-state index < -0.39 is 0 Å². The molecule has 1 aliphatic heterocycles. The van der Waals surface area contributed by atoms with Crippen LogP contribution in [0.5, 0.6) is 0 Å². The van der Waals surface area contributed by atoms with E-state index in [2.05, 4.69) is 31.0 Å². The van der Waals surface area contributed by atoms with E-state index in [0.29, 0.717) is 17.4 Å². The monoisotopic (exact) mass is 238 g/mol. The summed E-state index contributed by atoms with van der Waals surface area (Å²) in [5.41, 5.74) is 0.160. The maximum atomic E-state index is 12.4. The number of hydrogen-bond donors (Lipinski definition) is 1. The molecule has 0 radical (unpaired) electrons. The van der Waals surface area contributed by atoms with Gasteiger partial charge in [0.25, 0.3) is 0 Å². The van der Waals surface area contributed by atoms with Crippen LogP contribution in [0.2, 0.25) is 0 Å². The Kier molecular flexibility index (Phi) is 3.23. The summed E-state index contributed by atoms with van der Waals surface area (Å²) in [5, 5.41) is 3.38. The molecule has 0 aromatic carbocycles. The summed E-state index contributed by atoms with van der Waals surface area (Å²) in [6.07, 6.45) is 5.69. The first-order chi connectivity index (χ1) is 7.88. The lowest BCUT2D eigenvalue weighted by atomic mass is 9.75. The molecule has 1 N–H and O–H groups in total. The van der Waals surface area contributed by atoms with Gasteiger partial charge in [0.05, 0.1) is 12.2 Å². The zero-order valence-corrected chi connectivity index (χ0v) is 11.7. The third-order valence-corrected chi connectivity index (χ3v) is 4.83. The van der Waals surface area contributed by atoms with Crippen LogP contribution in [0.4, 0.5) is 0 Å². The van der Waals surface area contributed by atoms with Gasteiger partial charge in [-0.25, -0.2) is 0 Å². The third kappa shape index (κ3) is 2.35. The molecule has 0 spiro atoms. The molecule has 1 unspecified atom stereocenters. The quantitative estimate of drug-likeness (QED) is 0.801. The van der Waals surface area contributed by atoms with Crippen LogP contribution < -0.4 is 5.32 Å². The Morgan fingerprint density at radius 3 is 2.35 bits per heavy atom. The molecule has 0 bridgehead atoms. The smallest absolute Gasteiger partial charge is 0.243 e. The lowest BCUT2D eigenvalue weighted by Crippen LogP contribution is -2.46. The van der Waals surface area contributed by atoms with Crippen molar-refractivity contribution in [2.24, 2.45) is 5.41 Å². The first kappa shape index (κ1) is 12.9. The van der Waals surface area contributed by atoms with Gasteiger partial charge in [-0.15, -0.1) is 0 Å². The van der Waals surface area contributed by atoms with Crippen LogP contribution in [0.15, 0.2) is 0 Å². The second-order valence-electron chi connectivity index (χ2n) is 6.69. The standard InChI is InChI=1S/C14H26N2O/c1-5-14(4)12(17)16(10-15-14)11-6-8-13(2,3)9-7-11/h11,15H,5-10H2,1-4H3. The van der Waals surface area contributed by atoms with E-state index in [-0.39, 0.29) is 5.54 Å². The number of nitrogens with zero attached hydrogens (tertiary/aromatic N) is 1. The van der Waals surface area contributed by atoms with Crippen LogP contribution >= 0.6 is 0 Å². The van der Waals surface area contributed by atoms with E-state index in [0.717, 1.165) is 13.1 Å². The fraction of sp³-hybridized carbons (Fsp3) is 0.929. The number of carbonyl (C=O) groups excluding carboxylic acids is 1. The highest BCUT2D eigenvalue weighted by molar-refractivity contribution is 5.88. The molecule has 1 amide bonds. The Hall–Kier alpha value is -0.570. The van der Waals surface area contributed by atoms with Crippen molar-refractivity contribution < 1.29 is 4.79 Å². The summed E-state index contributed by atoms with van der Waals surface area (Å²) < 4.78 is 0. The number of carbonyl (C=O) groups is 1. The number of amides is 1. The van der Waals surface area contributed by atoms with Gasteiger partial charge in [-0.1, -0.05) is 20.8 Å². The van der Waals surface area contributed by atoms with E-state index >= 15 is 0 Å². The molecule has 1 aliphatic carbocycles. The molecular formula is C14H26N2O. The zero-order valence-electron chi connectivity index (χ0n) is 11.7. The molecule has 1 atom stereocenters. The number of nitrogens with one attached hydrogen (secondary N) is 1. The van der Waals surface area contributed by atoms with Gasteiger partial charge < -0.3 is 4.90 Å².